The summed E-state index contributed by atoms with van der Waals surface area (Å²) >= 11 is 0. The van der Waals surface area contributed by atoms with Crippen molar-refractivity contribution in [2.45, 2.75) is 19.4 Å². The van der Waals surface area contributed by atoms with E-state index in [-0.39, 0.29) is 11.9 Å². The minimum absolute atomic E-state index is 0.167. The van der Waals surface area contributed by atoms with Crippen LogP contribution in [0.2, 0.25) is 0 Å². The van der Waals surface area contributed by atoms with Crippen molar-refractivity contribution in [1.29, 1.82) is 0 Å². The molecule has 0 unspecified atom stereocenters. The van der Waals surface area contributed by atoms with Gasteiger partial charge in [-0.25, -0.2) is 13.4 Å². The van der Waals surface area contributed by atoms with Crippen LogP contribution in [0.1, 0.15) is 34.5 Å². The maximum absolute atomic E-state index is 12.7. The summed E-state index contributed by atoms with van der Waals surface area (Å²) in [4.78, 5) is 16.7. The number of amides is 1. The highest BCUT2D eigenvalue weighted by Gasteiger charge is 2.27. The van der Waals surface area contributed by atoms with Crippen molar-refractivity contribution in [2.24, 2.45) is 0 Å². The fourth-order valence-electron chi connectivity index (χ4n) is 3.57. The van der Waals surface area contributed by atoms with E-state index in [1.54, 1.807) is 30.7 Å². The molecule has 2 heterocycles. The van der Waals surface area contributed by atoms with Crippen molar-refractivity contribution in [1.82, 2.24) is 14.9 Å². The molecule has 1 aromatic heterocycles. The van der Waals surface area contributed by atoms with Crippen LogP contribution in [-0.2, 0) is 16.4 Å². The molecule has 150 valence electrons. The third-order valence-corrected chi connectivity index (χ3v) is 6.32. The van der Waals surface area contributed by atoms with Crippen molar-refractivity contribution in [3.63, 3.8) is 0 Å². The number of anilines is 1. The molecule has 7 nitrogen and oxygen atoms in total. The van der Waals surface area contributed by atoms with Crippen LogP contribution in [0, 0.1) is 0 Å². The van der Waals surface area contributed by atoms with Gasteiger partial charge in [0, 0.05) is 30.2 Å². The van der Waals surface area contributed by atoms with Gasteiger partial charge in [-0.3, -0.25) is 9.10 Å². The highest BCUT2D eigenvalue weighted by molar-refractivity contribution is 7.92. The quantitative estimate of drug-likeness (QED) is 0.701. The molecule has 0 fully saturated rings. The lowest BCUT2D eigenvalue weighted by molar-refractivity contribution is 0.0940. The summed E-state index contributed by atoms with van der Waals surface area (Å²) in [5.41, 5.74) is 4.05. The molecule has 0 saturated carbocycles. The molecule has 0 radical (unpaired) electrons. The van der Waals surface area contributed by atoms with Gasteiger partial charge in [0.25, 0.3) is 5.91 Å². The lowest BCUT2D eigenvalue weighted by Crippen LogP contribution is -2.28. The van der Waals surface area contributed by atoms with Crippen LogP contribution >= 0.6 is 0 Å². The first-order valence-corrected chi connectivity index (χ1v) is 11.2. The number of carbonyl (C=O) groups excluding carboxylic acids is 1. The third kappa shape index (κ3) is 3.88. The molecule has 1 atom stereocenters. The Kier molecular flexibility index (Phi) is 4.87. The minimum Gasteiger partial charge on any atom is -0.346 e. The second kappa shape index (κ2) is 7.36. The number of benzene rings is 2. The number of hydrogen-bond acceptors (Lipinski definition) is 4. The third-order valence-electron chi connectivity index (χ3n) is 5.14. The smallest absolute Gasteiger partial charge is 0.251 e. The molecular formula is C21H22N4O3S. The minimum atomic E-state index is -3.30. The predicted octanol–water partition coefficient (Wildman–Crippen LogP) is 2.69. The molecule has 29 heavy (non-hydrogen) atoms. The van der Waals surface area contributed by atoms with Crippen LogP contribution < -0.4 is 9.62 Å². The van der Waals surface area contributed by atoms with E-state index in [1.165, 1.54) is 10.6 Å². The molecule has 1 aliphatic heterocycles. The van der Waals surface area contributed by atoms with E-state index in [9.17, 15) is 13.2 Å². The molecule has 4 rings (SSSR count). The van der Waals surface area contributed by atoms with Gasteiger partial charge in [-0.1, -0.05) is 12.1 Å². The zero-order valence-corrected chi connectivity index (χ0v) is 17.1. The fourth-order valence-corrected chi connectivity index (χ4v) is 4.53. The second-order valence-electron chi connectivity index (χ2n) is 7.19. The van der Waals surface area contributed by atoms with Gasteiger partial charge in [0.1, 0.15) is 0 Å². The number of nitrogens with one attached hydrogen (secondary N) is 1. The molecule has 2 aromatic carbocycles. The van der Waals surface area contributed by atoms with Crippen LogP contribution in [0.25, 0.3) is 5.69 Å². The summed E-state index contributed by atoms with van der Waals surface area (Å²) in [6, 6.07) is 12.9. The molecule has 3 aromatic rings. The summed E-state index contributed by atoms with van der Waals surface area (Å²) < 4.78 is 27.0. The number of nitrogens with zero attached hydrogens (tertiary/aromatic N) is 3. The Morgan fingerprint density at radius 2 is 1.93 bits per heavy atom. The van der Waals surface area contributed by atoms with Crippen molar-refractivity contribution < 1.29 is 13.2 Å². The van der Waals surface area contributed by atoms with Crippen molar-refractivity contribution in [3.05, 3.63) is 77.9 Å². The Labute approximate surface area is 170 Å². The van der Waals surface area contributed by atoms with Crippen LogP contribution in [0.15, 0.2) is 61.2 Å². The number of fused-ring (bicyclic) bond motifs is 1. The highest BCUT2D eigenvalue weighted by Crippen LogP contribution is 2.30. The number of hydrogen-bond donors (Lipinski definition) is 1. The predicted molar refractivity (Wildman–Crippen MR) is 112 cm³/mol. The molecule has 0 bridgehead atoms. The second-order valence-corrected chi connectivity index (χ2v) is 9.09. The van der Waals surface area contributed by atoms with Crippen LogP contribution in [0.5, 0.6) is 0 Å². The molecule has 1 N–H and O–H groups in total. The maximum Gasteiger partial charge on any atom is 0.251 e. The number of carbonyl (C=O) groups is 1. The Bertz CT molecular complexity index is 1140. The van der Waals surface area contributed by atoms with Gasteiger partial charge in [-0.2, -0.15) is 0 Å². The number of imidazole rings is 1. The first-order valence-electron chi connectivity index (χ1n) is 9.33. The SMILES string of the molecule is C[C@@H](NC(=O)c1ccc2c(c1)CCN2S(C)(=O)=O)c1ccc(-n2ccnc2)cc1. The Morgan fingerprint density at radius 3 is 2.59 bits per heavy atom. The molecule has 1 aliphatic rings. The van der Waals surface area contributed by atoms with E-state index in [0.717, 1.165) is 16.8 Å². The van der Waals surface area contributed by atoms with Gasteiger partial charge in [0.05, 0.1) is 24.3 Å². The largest absolute Gasteiger partial charge is 0.346 e. The fraction of sp³-hybridized carbons (Fsp3) is 0.238. The van der Waals surface area contributed by atoms with Crippen LogP contribution in [-0.4, -0.2) is 36.7 Å². The summed E-state index contributed by atoms with van der Waals surface area (Å²) in [6.07, 6.45) is 7.14. The average Bonchev–Trinajstić information content (AvgIpc) is 3.37. The summed E-state index contributed by atoms with van der Waals surface area (Å²) in [7, 11) is -3.30. The number of aromatic nitrogens is 2. The van der Waals surface area contributed by atoms with Crippen molar-refractivity contribution >= 4 is 21.6 Å². The van der Waals surface area contributed by atoms with Gasteiger partial charge in [0.2, 0.25) is 10.0 Å². The van der Waals surface area contributed by atoms with Crippen LogP contribution in [0.3, 0.4) is 0 Å². The van der Waals surface area contributed by atoms with Gasteiger partial charge < -0.3 is 9.88 Å². The molecule has 0 aliphatic carbocycles. The normalized spacial score (nSPS) is 14.5. The molecule has 0 spiro atoms. The summed E-state index contributed by atoms with van der Waals surface area (Å²) in [5, 5.41) is 3.01. The van der Waals surface area contributed by atoms with Crippen molar-refractivity contribution in [3.8, 4) is 5.69 Å². The maximum atomic E-state index is 12.7. The Hall–Kier alpha value is -3.13. The molecule has 8 heteroatoms. The molecular weight excluding hydrogens is 388 g/mol. The van der Waals surface area contributed by atoms with E-state index in [1.807, 2.05) is 42.0 Å². The zero-order chi connectivity index (χ0) is 20.6. The highest BCUT2D eigenvalue weighted by atomic mass is 32.2. The van der Waals surface area contributed by atoms with E-state index >= 15 is 0 Å². The van der Waals surface area contributed by atoms with Gasteiger partial charge >= 0.3 is 0 Å². The first-order chi connectivity index (χ1) is 13.8. The van der Waals surface area contributed by atoms with Gasteiger partial charge in [0.15, 0.2) is 0 Å². The monoisotopic (exact) mass is 410 g/mol. The lowest BCUT2D eigenvalue weighted by atomic mass is 10.1. The number of rotatable bonds is 5. The number of sulfonamides is 1. The van der Waals surface area contributed by atoms with Gasteiger partial charge in [-0.15, -0.1) is 0 Å². The van der Waals surface area contributed by atoms with E-state index < -0.39 is 10.0 Å². The lowest BCUT2D eigenvalue weighted by Gasteiger charge is -2.17. The average molecular weight is 410 g/mol. The van der Waals surface area contributed by atoms with E-state index in [0.29, 0.717) is 24.2 Å². The summed E-state index contributed by atoms with van der Waals surface area (Å²) in [6.45, 7) is 2.35. The summed E-state index contributed by atoms with van der Waals surface area (Å²) in [5.74, 6) is -0.184. The Morgan fingerprint density at radius 1 is 1.17 bits per heavy atom. The molecule has 0 saturated heterocycles. The topological polar surface area (TPSA) is 84.3 Å². The molecule has 1 amide bonds. The zero-order valence-electron chi connectivity index (χ0n) is 16.2. The van der Waals surface area contributed by atoms with E-state index in [4.69, 9.17) is 0 Å². The van der Waals surface area contributed by atoms with E-state index in [2.05, 4.69) is 10.3 Å². The van der Waals surface area contributed by atoms with Crippen molar-refractivity contribution in [2.75, 3.05) is 17.1 Å². The standard InChI is InChI=1S/C21H22N4O3S/c1-15(16-3-6-19(7-4-16)24-12-10-22-14-24)23-21(26)18-5-8-20-17(13-18)9-11-25(20)29(2,27)28/h3-8,10,12-15H,9,11H2,1-2H3,(H,23,26)/t15-/m1/s1. The van der Waals surface area contributed by atoms with Gasteiger partial charge in [-0.05, 0) is 54.8 Å². The van der Waals surface area contributed by atoms with Crippen LogP contribution in [0.4, 0.5) is 5.69 Å². The first kappa shape index (κ1) is 19.2. The Balaban J connectivity index is 1.47.